The Morgan fingerprint density at radius 3 is 2.50 bits per heavy atom. The van der Waals surface area contributed by atoms with Crippen molar-refractivity contribution >= 4 is 22.5 Å². The highest BCUT2D eigenvalue weighted by Gasteiger charge is 2.14. The first kappa shape index (κ1) is 15.0. The maximum Gasteiger partial charge on any atom is 0.116 e. The Balaban J connectivity index is 2.13. The average molecular weight is 314 g/mol. The van der Waals surface area contributed by atoms with Crippen LogP contribution in [0, 0.1) is 6.92 Å². The molecule has 1 N–H and O–H groups in total. The number of aromatic hydroxyl groups is 1. The van der Waals surface area contributed by atoms with Gasteiger partial charge >= 0.3 is 0 Å². The van der Waals surface area contributed by atoms with Crippen molar-refractivity contribution in [1.29, 1.82) is 0 Å². The van der Waals surface area contributed by atoms with E-state index in [0.717, 1.165) is 29.8 Å². The number of phenolic OH excluding ortho intramolecular Hbond substituents is 1. The molecule has 0 aliphatic heterocycles. The van der Waals surface area contributed by atoms with Crippen molar-refractivity contribution < 1.29 is 5.11 Å². The minimum absolute atomic E-state index is 0.318. The van der Waals surface area contributed by atoms with E-state index in [1.807, 2.05) is 24.3 Å². The van der Waals surface area contributed by atoms with E-state index in [1.165, 1.54) is 22.3 Å². The molecule has 0 spiro atoms. The lowest BCUT2D eigenvalue weighted by Gasteiger charge is -2.07. The van der Waals surface area contributed by atoms with E-state index in [4.69, 9.17) is 11.6 Å². The zero-order valence-corrected chi connectivity index (χ0v) is 13.7. The lowest BCUT2D eigenvalue weighted by atomic mass is 10.0. The fourth-order valence-electron chi connectivity index (χ4n) is 3.08. The first-order chi connectivity index (χ1) is 10.6. The normalized spacial score (nSPS) is 11.2. The number of halogens is 1. The molecule has 0 atom stereocenters. The van der Waals surface area contributed by atoms with Crippen LogP contribution >= 0.6 is 11.6 Å². The highest BCUT2D eigenvalue weighted by Crippen LogP contribution is 2.31. The van der Waals surface area contributed by atoms with Crippen LogP contribution in [-0.2, 0) is 13.0 Å². The number of fused-ring (bicyclic) bond motifs is 1. The maximum atomic E-state index is 9.86. The summed E-state index contributed by atoms with van der Waals surface area (Å²) in [5, 5.41) is 11.8. The predicted molar refractivity (Wildman–Crippen MR) is 92.9 cm³/mol. The Hall–Kier alpha value is -1.93. The summed E-state index contributed by atoms with van der Waals surface area (Å²) < 4.78 is 2.35. The summed E-state index contributed by atoms with van der Waals surface area (Å²) >= 11 is 5.97. The quantitative estimate of drug-likeness (QED) is 0.693. The van der Waals surface area contributed by atoms with Gasteiger partial charge in [-0.2, -0.15) is 0 Å². The summed E-state index contributed by atoms with van der Waals surface area (Å²) in [6.07, 6.45) is 1.94. The van der Waals surface area contributed by atoms with Crippen LogP contribution in [0.3, 0.4) is 0 Å². The Labute approximate surface area is 136 Å². The van der Waals surface area contributed by atoms with Gasteiger partial charge in [-0.25, -0.2) is 0 Å². The second-order valence-corrected chi connectivity index (χ2v) is 6.16. The lowest BCUT2D eigenvalue weighted by Crippen LogP contribution is -2.00. The average Bonchev–Trinajstić information content (AvgIpc) is 2.75. The van der Waals surface area contributed by atoms with E-state index in [0.29, 0.717) is 5.75 Å². The molecule has 3 rings (SSSR count). The third-order valence-corrected chi connectivity index (χ3v) is 4.43. The Morgan fingerprint density at radius 2 is 1.82 bits per heavy atom. The van der Waals surface area contributed by atoms with E-state index in [2.05, 4.69) is 30.5 Å². The maximum absolute atomic E-state index is 9.86. The van der Waals surface area contributed by atoms with E-state index in [9.17, 15) is 5.11 Å². The second-order valence-electron chi connectivity index (χ2n) is 5.72. The van der Waals surface area contributed by atoms with Crippen molar-refractivity contribution in [3.63, 3.8) is 0 Å². The third-order valence-electron chi connectivity index (χ3n) is 4.18. The van der Waals surface area contributed by atoms with Gasteiger partial charge in [-0.3, -0.25) is 0 Å². The molecule has 0 aliphatic rings. The van der Waals surface area contributed by atoms with Gasteiger partial charge in [0.1, 0.15) is 5.75 Å². The van der Waals surface area contributed by atoms with Gasteiger partial charge in [0.2, 0.25) is 0 Å². The fraction of sp³-hybridized carbons (Fsp3) is 0.263. The van der Waals surface area contributed by atoms with Crippen LogP contribution in [0.15, 0.2) is 42.5 Å². The van der Waals surface area contributed by atoms with E-state index >= 15 is 0 Å². The van der Waals surface area contributed by atoms with Gasteiger partial charge in [0.15, 0.2) is 0 Å². The minimum Gasteiger partial charge on any atom is -0.508 e. The van der Waals surface area contributed by atoms with Crippen molar-refractivity contribution in [1.82, 2.24) is 4.57 Å². The molecule has 0 saturated carbocycles. The molecule has 114 valence electrons. The molecular formula is C19H20ClNO. The summed E-state index contributed by atoms with van der Waals surface area (Å²) in [6.45, 7) is 5.34. The van der Waals surface area contributed by atoms with Crippen LogP contribution in [0.25, 0.3) is 10.9 Å². The van der Waals surface area contributed by atoms with Gasteiger partial charge < -0.3 is 9.67 Å². The molecule has 2 aromatic carbocycles. The number of hydrogen-bond donors (Lipinski definition) is 1. The molecule has 0 amide bonds. The number of benzene rings is 2. The largest absolute Gasteiger partial charge is 0.508 e. The molecule has 0 saturated heterocycles. The zero-order chi connectivity index (χ0) is 15.7. The topological polar surface area (TPSA) is 25.2 Å². The highest BCUT2D eigenvalue weighted by molar-refractivity contribution is 6.30. The number of rotatable bonds is 4. The first-order valence-corrected chi connectivity index (χ1v) is 8.03. The number of aryl methyl sites for hydroxylation is 1. The molecule has 1 aromatic heterocycles. The molecule has 0 unspecified atom stereocenters. The van der Waals surface area contributed by atoms with Crippen LogP contribution in [0.1, 0.15) is 30.2 Å². The Kier molecular flexibility index (Phi) is 4.12. The number of phenols is 1. The van der Waals surface area contributed by atoms with Gasteiger partial charge in [-0.1, -0.05) is 30.7 Å². The monoisotopic (exact) mass is 313 g/mol. The van der Waals surface area contributed by atoms with Gasteiger partial charge in [0.25, 0.3) is 0 Å². The van der Waals surface area contributed by atoms with Crippen molar-refractivity contribution in [2.24, 2.45) is 0 Å². The van der Waals surface area contributed by atoms with Crippen molar-refractivity contribution in [3.05, 3.63) is 64.3 Å². The van der Waals surface area contributed by atoms with E-state index < -0.39 is 0 Å². The summed E-state index contributed by atoms with van der Waals surface area (Å²) in [5.41, 5.74) is 4.98. The third kappa shape index (κ3) is 2.71. The molecule has 2 nitrogen and oxygen atoms in total. The summed E-state index contributed by atoms with van der Waals surface area (Å²) in [4.78, 5) is 0. The standard InChI is InChI=1S/C19H20ClNO/c1-3-10-21-13(2)17(11-14-4-6-15(20)7-5-14)18-12-16(22)8-9-19(18)21/h4-9,12,22H,3,10-11H2,1-2H3. The minimum atomic E-state index is 0.318. The molecule has 0 fully saturated rings. The molecule has 0 bridgehead atoms. The zero-order valence-electron chi connectivity index (χ0n) is 12.9. The van der Waals surface area contributed by atoms with Gasteiger partial charge in [-0.15, -0.1) is 0 Å². The molecule has 3 heteroatoms. The van der Waals surface area contributed by atoms with Crippen LogP contribution in [-0.4, -0.2) is 9.67 Å². The lowest BCUT2D eigenvalue weighted by molar-refractivity contribution is 0.476. The summed E-state index contributed by atoms with van der Waals surface area (Å²) in [6, 6.07) is 13.6. The number of nitrogens with zero attached hydrogens (tertiary/aromatic N) is 1. The van der Waals surface area contributed by atoms with E-state index in [-0.39, 0.29) is 0 Å². The van der Waals surface area contributed by atoms with Gasteiger partial charge in [-0.05, 0) is 61.2 Å². The second kappa shape index (κ2) is 6.05. The first-order valence-electron chi connectivity index (χ1n) is 7.65. The summed E-state index contributed by atoms with van der Waals surface area (Å²) in [5.74, 6) is 0.318. The smallest absolute Gasteiger partial charge is 0.116 e. The number of hydrogen-bond acceptors (Lipinski definition) is 1. The highest BCUT2D eigenvalue weighted by atomic mass is 35.5. The van der Waals surface area contributed by atoms with Crippen LogP contribution in [0.2, 0.25) is 5.02 Å². The van der Waals surface area contributed by atoms with Gasteiger partial charge in [0, 0.05) is 28.2 Å². The summed E-state index contributed by atoms with van der Waals surface area (Å²) in [7, 11) is 0. The van der Waals surface area contributed by atoms with Crippen LogP contribution < -0.4 is 0 Å². The SMILES string of the molecule is CCCn1c(C)c(Cc2ccc(Cl)cc2)c2cc(O)ccc21. The molecule has 22 heavy (non-hydrogen) atoms. The van der Waals surface area contributed by atoms with Crippen molar-refractivity contribution in [2.75, 3.05) is 0 Å². The van der Waals surface area contributed by atoms with Crippen LogP contribution in [0.4, 0.5) is 0 Å². The molecular weight excluding hydrogens is 294 g/mol. The fourth-order valence-corrected chi connectivity index (χ4v) is 3.21. The molecule has 3 aromatic rings. The number of aromatic nitrogens is 1. The van der Waals surface area contributed by atoms with Crippen molar-refractivity contribution in [2.45, 2.75) is 33.2 Å². The van der Waals surface area contributed by atoms with Crippen LogP contribution in [0.5, 0.6) is 5.75 Å². The molecule has 0 radical (unpaired) electrons. The van der Waals surface area contributed by atoms with E-state index in [1.54, 1.807) is 6.07 Å². The Morgan fingerprint density at radius 1 is 1.09 bits per heavy atom. The predicted octanol–water partition coefficient (Wildman–Crippen LogP) is 5.31. The molecule has 0 aliphatic carbocycles. The van der Waals surface area contributed by atoms with Gasteiger partial charge in [0.05, 0.1) is 0 Å². The Bertz CT molecular complexity index is 802. The van der Waals surface area contributed by atoms with Crippen molar-refractivity contribution in [3.8, 4) is 5.75 Å². The molecule has 1 heterocycles.